The van der Waals surface area contributed by atoms with Crippen LogP contribution in [0, 0.1) is 0 Å². The first-order valence-corrected chi connectivity index (χ1v) is 17.7. The fraction of sp³-hybridized carbons (Fsp3) is 0.789. The van der Waals surface area contributed by atoms with Crippen molar-refractivity contribution < 1.29 is 16.6 Å². The van der Waals surface area contributed by atoms with Gasteiger partial charge in [-0.2, -0.15) is 0 Å². The molecule has 2 aliphatic carbocycles. The average Bonchev–Trinajstić information content (AvgIpc) is 2.63. The van der Waals surface area contributed by atoms with Crippen LogP contribution < -0.4 is 0 Å². The maximum absolute atomic E-state index is 2.68. The fourth-order valence-corrected chi connectivity index (χ4v) is 10.3. The molecule has 0 fully saturated rings. The van der Waals surface area contributed by atoms with E-state index in [0.29, 0.717) is 5.04 Å². The van der Waals surface area contributed by atoms with Crippen LogP contribution in [0.3, 0.4) is 0 Å². The molecule has 0 nitrogen and oxygen atoms in total. The van der Waals surface area contributed by atoms with Gasteiger partial charge in [0.05, 0.1) is 0 Å². The molecule has 1 unspecified atom stereocenters. The summed E-state index contributed by atoms with van der Waals surface area (Å²) in [5.74, 6) is 0. The van der Waals surface area contributed by atoms with Gasteiger partial charge in [0.2, 0.25) is 0 Å². The Hall–Kier alpha value is 0.411. The summed E-state index contributed by atoms with van der Waals surface area (Å²) < 4.78 is 0.912. The van der Waals surface area contributed by atoms with Crippen LogP contribution in [0.15, 0.2) is 22.8 Å². The average molecular weight is 340 g/mol. The first kappa shape index (κ1) is 17.8. The van der Waals surface area contributed by atoms with Crippen LogP contribution in [0.1, 0.15) is 46.5 Å². The Bertz CT molecular complexity index is 469. The van der Waals surface area contributed by atoms with E-state index in [0.717, 1.165) is 4.22 Å². The zero-order chi connectivity index (χ0) is 16.1. The van der Waals surface area contributed by atoms with Crippen molar-refractivity contribution in [2.45, 2.75) is 90.5 Å². The van der Waals surface area contributed by atoms with Crippen molar-refractivity contribution >= 4 is 8.07 Å². The van der Waals surface area contributed by atoms with Crippen molar-refractivity contribution in [3.8, 4) is 0 Å². The summed E-state index contributed by atoms with van der Waals surface area (Å²) in [5.41, 5.74) is 5.52. The Kier molecular flexibility index (Phi) is 4.91. The summed E-state index contributed by atoms with van der Waals surface area (Å²) >= 11 is -1.70. The molecule has 0 aliphatic heterocycles. The van der Waals surface area contributed by atoms with E-state index in [9.17, 15) is 0 Å². The monoisotopic (exact) mass is 340 g/mol. The third-order valence-corrected chi connectivity index (χ3v) is 15.4. The van der Waals surface area contributed by atoms with Gasteiger partial charge < -0.3 is 0 Å². The number of hydrogen-bond donors (Lipinski definition) is 0. The van der Waals surface area contributed by atoms with Crippen molar-refractivity contribution in [1.29, 1.82) is 0 Å². The Morgan fingerprint density at radius 1 is 1.10 bits per heavy atom. The van der Waals surface area contributed by atoms with Crippen LogP contribution >= 0.6 is 0 Å². The van der Waals surface area contributed by atoms with E-state index in [1.807, 2.05) is 11.1 Å². The van der Waals surface area contributed by atoms with Gasteiger partial charge in [-0.05, 0) is 0 Å². The Balaban J connectivity index is 2.32. The fourth-order valence-electron chi connectivity index (χ4n) is 3.98. The molecule has 120 valence electrons. The number of hydrogen-bond acceptors (Lipinski definition) is 0. The van der Waals surface area contributed by atoms with Gasteiger partial charge in [0.25, 0.3) is 0 Å². The second-order valence-corrected chi connectivity index (χ2v) is 24.0. The third-order valence-electron chi connectivity index (χ3n) is 6.18. The van der Waals surface area contributed by atoms with E-state index < -0.39 is 24.7 Å². The molecule has 0 N–H and O–H groups in total. The quantitative estimate of drug-likeness (QED) is 0.470. The van der Waals surface area contributed by atoms with Gasteiger partial charge in [-0.25, -0.2) is 0 Å². The predicted molar refractivity (Wildman–Crippen MR) is 96.9 cm³/mol. The summed E-state index contributed by atoms with van der Waals surface area (Å²) in [7, 11) is -1.22. The summed E-state index contributed by atoms with van der Waals surface area (Å²) in [6.07, 6.45) is 8.31. The first-order chi connectivity index (χ1) is 9.43. The first-order valence-electron chi connectivity index (χ1n) is 8.86. The summed E-state index contributed by atoms with van der Waals surface area (Å²) in [6, 6.07) is 1.43. The van der Waals surface area contributed by atoms with Crippen LogP contribution in [0.25, 0.3) is 0 Å². The molecule has 0 saturated carbocycles. The van der Waals surface area contributed by atoms with Crippen molar-refractivity contribution in [1.82, 2.24) is 0 Å². The SMILES string of the molecule is CC(C)(C)[Si](C)(C)CC1=CC2=C(CCCC2)[CH]1[Ti]([CH3])([CH3])[CH3]. The third kappa shape index (κ3) is 3.67. The van der Waals surface area contributed by atoms with Crippen molar-refractivity contribution in [2.75, 3.05) is 0 Å². The van der Waals surface area contributed by atoms with Gasteiger partial charge in [0.1, 0.15) is 0 Å². The standard InChI is InChI=1S/C16H27Si.3CH3.Ti/c1-16(2,3)17(4,5)12-13-10-14-8-6-7-9-15(14)11-13;;;;/h10-11H,6-9,12H2,1-5H3;3*1H3;. The maximum atomic E-state index is 2.68. The van der Waals surface area contributed by atoms with E-state index in [2.05, 4.69) is 55.6 Å². The summed E-state index contributed by atoms with van der Waals surface area (Å²) in [6.45, 7) is 12.6. The van der Waals surface area contributed by atoms with Crippen LogP contribution in [-0.2, 0) is 16.6 Å². The Morgan fingerprint density at radius 3 is 2.19 bits per heavy atom. The zero-order valence-corrected chi connectivity index (χ0v) is 18.3. The molecule has 0 aromatic rings. The van der Waals surface area contributed by atoms with E-state index in [-0.39, 0.29) is 0 Å². The van der Waals surface area contributed by atoms with Gasteiger partial charge >= 0.3 is 138 Å². The van der Waals surface area contributed by atoms with Crippen molar-refractivity contribution in [2.24, 2.45) is 0 Å². The number of rotatable bonds is 3. The molecule has 0 saturated heterocycles. The predicted octanol–water partition coefficient (Wildman–Crippen LogP) is 7.39. The molecule has 0 spiro atoms. The van der Waals surface area contributed by atoms with E-state index in [1.54, 1.807) is 5.57 Å². The zero-order valence-electron chi connectivity index (χ0n) is 15.7. The van der Waals surface area contributed by atoms with Crippen LogP contribution in [0.5, 0.6) is 0 Å². The molecule has 2 heteroatoms. The normalized spacial score (nSPS) is 24.2. The molecule has 2 aliphatic rings. The molecule has 0 amide bonds. The molecule has 0 aromatic carbocycles. The van der Waals surface area contributed by atoms with Gasteiger partial charge in [-0.15, -0.1) is 0 Å². The second kappa shape index (κ2) is 5.80. The van der Waals surface area contributed by atoms with E-state index in [4.69, 9.17) is 0 Å². The van der Waals surface area contributed by atoms with Gasteiger partial charge in [0.15, 0.2) is 0 Å². The van der Waals surface area contributed by atoms with Crippen LogP contribution in [0.2, 0.25) is 44.1 Å². The molecule has 0 heterocycles. The molecule has 0 aromatic heterocycles. The summed E-state index contributed by atoms with van der Waals surface area (Å²) in [5, 5.41) is 8.41. The van der Waals surface area contributed by atoms with Crippen molar-refractivity contribution in [3.63, 3.8) is 0 Å². The second-order valence-electron chi connectivity index (χ2n) is 10.1. The molecule has 21 heavy (non-hydrogen) atoms. The van der Waals surface area contributed by atoms with Gasteiger partial charge in [0, 0.05) is 0 Å². The van der Waals surface area contributed by atoms with Gasteiger partial charge in [-0.3, -0.25) is 0 Å². The number of allylic oxidation sites excluding steroid dienone is 4. The molecule has 2 rings (SSSR count). The van der Waals surface area contributed by atoms with Gasteiger partial charge in [-0.1, -0.05) is 0 Å². The van der Waals surface area contributed by atoms with E-state index in [1.165, 1.54) is 31.7 Å². The van der Waals surface area contributed by atoms with Crippen LogP contribution in [0.4, 0.5) is 0 Å². The Morgan fingerprint density at radius 2 is 1.67 bits per heavy atom. The minimum atomic E-state index is -1.70. The minimum absolute atomic E-state index is 0.506. The molecule has 0 bridgehead atoms. The Labute approximate surface area is 137 Å². The molecular weight excluding hydrogens is 304 g/mol. The van der Waals surface area contributed by atoms with E-state index >= 15 is 0 Å². The van der Waals surface area contributed by atoms with Crippen LogP contribution in [-0.4, -0.2) is 8.07 Å². The summed E-state index contributed by atoms with van der Waals surface area (Å²) in [4.78, 5) is 0. The topological polar surface area (TPSA) is 0 Å². The molecular formula is C19H36SiTi. The molecule has 1 atom stereocenters. The van der Waals surface area contributed by atoms with Crippen molar-refractivity contribution in [3.05, 3.63) is 22.8 Å². The molecule has 0 radical (unpaired) electrons.